The van der Waals surface area contributed by atoms with Gasteiger partial charge in [-0.05, 0) is 6.92 Å². The topological polar surface area (TPSA) is 81.9 Å². The lowest BCUT2D eigenvalue weighted by atomic mass is 10.4. The summed E-state index contributed by atoms with van der Waals surface area (Å²) in [5.74, 6) is 2.68. The van der Waals surface area contributed by atoms with Crippen LogP contribution in [0.3, 0.4) is 0 Å². The minimum absolute atomic E-state index is 0.196. The van der Waals surface area contributed by atoms with E-state index in [4.69, 9.17) is 0 Å². The molecule has 1 N–H and O–H groups in total. The maximum absolute atomic E-state index is 11.1. The number of methoxy groups -OCH3 is 1. The Morgan fingerprint density at radius 1 is 1.48 bits per heavy atom. The van der Waals surface area contributed by atoms with Crippen LogP contribution in [0.1, 0.15) is 19.2 Å². The molecule has 7 nitrogen and oxygen atoms in total. The number of esters is 1. The molecule has 0 aromatic carbocycles. The SMILES string of the molecule is CCNc1nc(CSCCC(=O)OC)nc2c1cnn2C. The summed E-state index contributed by atoms with van der Waals surface area (Å²) in [5.41, 5.74) is 0.810. The standard InChI is InChI=1S/C13H19N5O2S/c1-4-14-12-9-7-15-18(2)13(9)17-10(16-12)8-21-6-5-11(19)20-3/h7H,4-6,8H2,1-3H3,(H,14,16,17). The average Bonchev–Trinajstić information content (AvgIpc) is 2.85. The van der Waals surface area contributed by atoms with Gasteiger partial charge in [-0.3, -0.25) is 9.48 Å². The molecule has 8 heteroatoms. The number of aromatic nitrogens is 4. The largest absolute Gasteiger partial charge is 0.469 e. The Balaban J connectivity index is 2.09. The number of carbonyl (C=O) groups is 1. The molecule has 2 rings (SSSR count). The molecule has 0 bridgehead atoms. The Labute approximate surface area is 127 Å². The van der Waals surface area contributed by atoms with Crippen LogP contribution in [0.25, 0.3) is 11.0 Å². The van der Waals surface area contributed by atoms with Crippen LogP contribution in [0.5, 0.6) is 0 Å². The zero-order valence-electron chi connectivity index (χ0n) is 12.4. The minimum atomic E-state index is -0.196. The number of nitrogens with one attached hydrogen (secondary N) is 1. The van der Waals surface area contributed by atoms with Crippen LogP contribution in [0.4, 0.5) is 5.82 Å². The van der Waals surface area contributed by atoms with Crippen LogP contribution in [0.2, 0.25) is 0 Å². The van der Waals surface area contributed by atoms with E-state index in [1.165, 1.54) is 7.11 Å². The highest BCUT2D eigenvalue weighted by Gasteiger charge is 2.11. The predicted octanol–water partition coefficient (Wildman–Crippen LogP) is 1.59. The summed E-state index contributed by atoms with van der Waals surface area (Å²) in [6.07, 6.45) is 2.16. The lowest BCUT2D eigenvalue weighted by Crippen LogP contribution is -2.06. The Morgan fingerprint density at radius 2 is 2.29 bits per heavy atom. The van der Waals surface area contributed by atoms with Gasteiger partial charge in [-0.2, -0.15) is 16.9 Å². The number of ether oxygens (including phenoxy) is 1. The van der Waals surface area contributed by atoms with Crippen LogP contribution in [-0.4, -0.2) is 45.1 Å². The van der Waals surface area contributed by atoms with Crippen molar-refractivity contribution in [1.82, 2.24) is 19.7 Å². The molecule has 2 aromatic heterocycles. The first-order chi connectivity index (χ1) is 10.2. The van der Waals surface area contributed by atoms with Crippen LogP contribution in [0.15, 0.2) is 6.20 Å². The van der Waals surface area contributed by atoms with E-state index in [-0.39, 0.29) is 5.97 Å². The zero-order chi connectivity index (χ0) is 15.2. The first-order valence-electron chi connectivity index (χ1n) is 6.72. The molecule has 0 aliphatic heterocycles. The van der Waals surface area contributed by atoms with Gasteiger partial charge in [-0.25, -0.2) is 9.97 Å². The summed E-state index contributed by atoms with van der Waals surface area (Å²) in [7, 11) is 3.26. The molecular weight excluding hydrogens is 290 g/mol. The summed E-state index contributed by atoms with van der Waals surface area (Å²) in [5, 5.41) is 8.37. The number of hydrogen-bond donors (Lipinski definition) is 1. The Kier molecular flexibility index (Phi) is 5.38. The number of hydrogen-bond acceptors (Lipinski definition) is 7. The van der Waals surface area contributed by atoms with Gasteiger partial charge in [0.15, 0.2) is 5.65 Å². The molecular formula is C13H19N5O2S. The van der Waals surface area contributed by atoms with Crippen molar-refractivity contribution in [2.45, 2.75) is 19.1 Å². The normalized spacial score (nSPS) is 10.8. The molecule has 0 aliphatic carbocycles. The van der Waals surface area contributed by atoms with Gasteiger partial charge in [-0.15, -0.1) is 0 Å². The second-order valence-electron chi connectivity index (χ2n) is 4.40. The van der Waals surface area contributed by atoms with Crippen molar-refractivity contribution in [3.8, 4) is 0 Å². The van der Waals surface area contributed by atoms with Crippen molar-refractivity contribution in [3.05, 3.63) is 12.0 Å². The molecule has 2 heterocycles. The second-order valence-corrected chi connectivity index (χ2v) is 5.51. The molecule has 0 aliphatic rings. The quantitative estimate of drug-likeness (QED) is 0.614. The third-order valence-electron chi connectivity index (χ3n) is 2.89. The van der Waals surface area contributed by atoms with Crippen LogP contribution in [0, 0.1) is 0 Å². The molecule has 114 valence electrons. The van der Waals surface area contributed by atoms with E-state index < -0.39 is 0 Å². The summed E-state index contributed by atoms with van der Waals surface area (Å²) >= 11 is 1.61. The van der Waals surface area contributed by atoms with Gasteiger partial charge in [0.2, 0.25) is 0 Å². The van der Waals surface area contributed by atoms with E-state index in [1.807, 2.05) is 14.0 Å². The molecule has 0 spiro atoms. The van der Waals surface area contributed by atoms with Crippen LogP contribution < -0.4 is 5.32 Å². The fourth-order valence-electron chi connectivity index (χ4n) is 1.86. The monoisotopic (exact) mass is 309 g/mol. The number of thioether (sulfide) groups is 1. The summed E-state index contributed by atoms with van der Waals surface area (Å²) in [6, 6.07) is 0. The fraction of sp³-hybridized carbons (Fsp3) is 0.538. The Morgan fingerprint density at radius 3 is 3.00 bits per heavy atom. The summed E-state index contributed by atoms with van der Waals surface area (Å²) < 4.78 is 6.35. The van der Waals surface area contributed by atoms with Gasteiger partial charge < -0.3 is 10.1 Å². The van der Waals surface area contributed by atoms with Crippen molar-refractivity contribution >= 4 is 34.6 Å². The minimum Gasteiger partial charge on any atom is -0.469 e. The first-order valence-corrected chi connectivity index (χ1v) is 7.88. The molecule has 21 heavy (non-hydrogen) atoms. The highest BCUT2D eigenvalue weighted by Crippen LogP contribution is 2.21. The number of anilines is 1. The van der Waals surface area contributed by atoms with Gasteiger partial charge in [-0.1, -0.05) is 0 Å². The van der Waals surface area contributed by atoms with Gasteiger partial charge >= 0.3 is 5.97 Å². The molecule has 0 atom stereocenters. The van der Waals surface area contributed by atoms with Crippen molar-refractivity contribution in [1.29, 1.82) is 0 Å². The van der Waals surface area contributed by atoms with E-state index in [0.717, 1.165) is 29.2 Å². The van der Waals surface area contributed by atoms with Crippen molar-refractivity contribution in [3.63, 3.8) is 0 Å². The number of aryl methyl sites for hydroxylation is 1. The number of nitrogens with zero attached hydrogens (tertiary/aromatic N) is 4. The van der Waals surface area contributed by atoms with Crippen LogP contribution in [-0.2, 0) is 22.3 Å². The van der Waals surface area contributed by atoms with Crippen molar-refractivity contribution < 1.29 is 9.53 Å². The Hall–Kier alpha value is -1.83. The average molecular weight is 309 g/mol. The maximum atomic E-state index is 11.1. The van der Waals surface area contributed by atoms with Crippen molar-refractivity contribution in [2.24, 2.45) is 7.05 Å². The maximum Gasteiger partial charge on any atom is 0.306 e. The highest BCUT2D eigenvalue weighted by molar-refractivity contribution is 7.98. The number of carbonyl (C=O) groups excluding carboxylic acids is 1. The molecule has 0 amide bonds. The number of rotatable bonds is 7. The van der Waals surface area contributed by atoms with Gasteiger partial charge in [0.1, 0.15) is 11.6 Å². The second kappa shape index (κ2) is 7.26. The summed E-state index contributed by atoms with van der Waals surface area (Å²) in [4.78, 5) is 20.1. The highest BCUT2D eigenvalue weighted by atomic mass is 32.2. The number of fused-ring (bicyclic) bond motifs is 1. The third kappa shape index (κ3) is 3.84. The molecule has 0 saturated heterocycles. The third-order valence-corrected chi connectivity index (χ3v) is 3.85. The van der Waals surface area contributed by atoms with Crippen molar-refractivity contribution in [2.75, 3.05) is 24.7 Å². The zero-order valence-corrected chi connectivity index (χ0v) is 13.2. The lowest BCUT2D eigenvalue weighted by Gasteiger charge is -2.07. The Bertz CT molecular complexity index is 628. The molecule has 2 aromatic rings. The smallest absolute Gasteiger partial charge is 0.306 e. The molecule has 0 radical (unpaired) electrons. The molecule has 0 saturated carbocycles. The van der Waals surface area contributed by atoms with E-state index in [0.29, 0.717) is 17.9 Å². The van der Waals surface area contributed by atoms with E-state index in [9.17, 15) is 4.79 Å². The van der Waals surface area contributed by atoms with Gasteiger partial charge in [0.25, 0.3) is 0 Å². The predicted molar refractivity (Wildman–Crippen MR) is 83.3 cm³/mol. The lowest BCUT2D eigenvalue weighted by molar-refractivity contribution is -0.140. The fourth-order valence-corrected chi connectivity index (χ4v) is 2.62. The van der Waals surface area contributed by atoms with E-state index >= 15 is 0 Å². The van der Waals surface area contributed by atoms with Crippen LogP contribution >= 0.6 is 11.8 Å². The van der Waals surface area contributed by atoms with E-state index in [2.05, 4.69) is 25.1 Å². The van der Waals surface area contributed by atoms with Gasteiger partial charge in [0.05, 0.1) is 30.9 Å². The first kappa shape index (κ1) is 15.6. The van der Waals surface area contributed by atoms with Gasteiger partial charge in [0, 0.05) is 19.3 Å². The van der Waals surface area contributed by atoms with E-state index in [1.54, 1.807) is 22.6 Å². The summed E-state index contributed by atoms with van der Waals surface area (Å²) in [6.45, 7) is 2.81. The molecule has 0 unspecified atom stereocenters. The molecule has 0 fully saturated rings.